The molecule has 1 amide bonds. The predicted octanol–water partition coefficient (Wildman–Crippen LogP) is 3.53. The molecule has 8 heteroatoms. The molecule has 122 valence electrons. The second-order valence-corrected chi connectivity index (χ2v) is 5.70. The summed E-state index contributed by atoms with van der Waals surface area (Å²) < 4.78 is 23.5. The first-order valence-corrected chi connectivity index (χ1v) is 6.65. The molecule has 2 rings (SSSR count). The molecule has 0 saturated carbocycles. The minimum Gasteiger partial charge on any atom is -0.475 e. The third kappa shape index (κ3) is 4.29. The van der Waals surface area contributed by atoms with Gasteiger partial charge >= 0.3 is 12.1 Å². The van der Waals surface area contributed by atoms with Crippen LogP contribution < -0.4 is 5.32 Å². The number of halogens is 1. The van der Waals surface area contributed by atoms with Gasteiger partial charge in [-0.1, -0.05) is 5.16 Å². The van der Waals surface area contributed by atoms with E-state index >= 15 is 0 Å². The topological polar surface area (TPSA) is 102 Å². The number of anilines is 1. The van der Waals surface area contributed by atoms with Crippen LogP contribution in [-0.4, -0.2) is 27.9 Å². The maximum absolute atomic E-state index is 13.8. The lowest BCUT2D eigenvalue weighted by Crippen LogP contribution is -2.27. The van der Waals surface area contributed by atoms with Crippen LogP contribution >= 0.6 is 0 Å². The fourth-order valence-electron chi connectivity index (χ4n) is 1.71. The molecule has 1 aromatic carbocycles. The number of ether oxygens (including phenoxy) is 1. The number of carbonyl (C=O) groups excluding carboxylic acids is 1. The van der Waals surface area contributed by atoms with Crippen LogP contribution in [0.25, 0.3) is 11.3 Å². The average Bonchev–Trinajstić information content (AvgIpc) is 2.89. The third-order valence-electron chi connectivity index (χ3n) is 2.62. The standard InChI is InChI=1S/C15H15FN2O5/c1-15(2,3)22-14(21)17-11-6-8(4-5-9(11)16)10-7-12(13(19)20)23-18-10/h4-7H,1-3H3,(H,17,21)(H,19,20). The van der Waals surface area contributed by atoms with E-state index in [1.807, 2.05) is 0 Å². The first-order valence-electron chi connectivity index (χ1n) is 6.65. The highest BCUT2D eigenvalue weighted by molar-refractivity contribution is 5.87. The zero-order valence-corrected chi connectivity index (χ0v) is 12.7. The van der Waals surface area contributed by atoms with Crippen LogP contribution in [0.3, 0.4) is 0 Å². The largest absolute Gasteiger partial charge is 0.475 e. The minimum atomic E-state index is -1.27. The Balaban J connectivity index is 2.24. The number of aromatic carboxylic acids is 1. The smallest absolute Gasteiger partial charge is 0.412 e. The summed E-state index contributed by atoms with van der Waals surface area (Å²) in [6, 6.07) is 5.02. The van der Waals surface area contributed by atoms with E-state index in [4.69, 9.17) is 9.84 Å². The average molecular weight is 322 g/mol. The Bertz CT molecular complexity index is 749. The summed E-state index contributed by atoms with van der Waals surface area (Å²) in [5.41, 5.74) is -0.249. The van der Waals surface area contributed by atoms with Crippen molar-refractivity contribution < 1.29 is 28.3 Å². The van der Waals surface area contributed by atoms with Crippen LogP contribution in [0.1, 0.15) is 31.3 Å². The second kappa shape index (κ2) is 6.07. The normalized spacial score (nSPS) is 11.1. The summed E-state index contributed by atoms with van der Waals surface area (Å²) in [5, 5.41) is 14.7. The molecule has 2 N–H and O–H groups in total. The number of nitrogens with zero attached hydrogens (tertiary/aromatic N) is 1. The summed E-state index contributed by atoms with van der Waals surface area (Å²) in [6.45, 7) is 5.05. The van der Waals surface area contributed by atoms with Crippen molar-refractivity contribution in [1.29, 1.82) is 0 Å². The number of aromatic nitrogens is 1. The van der Waals surface area contributed by atoms with Crippen molar-refractivity contribution in [3.05, 3.63) is 35.8 Å². The Morgan fingerprint density at radius 1 is 1.30 bits per heavy atom. The van der Waals surface area contributed by atoms with Gasteiger partial charge in [0.05, 0.1) is 5.69 Å². The van der Waals surface area contributed by atoms with Gasteiger partial charge in [-0.05, 0) is 39.0 Å². The number of carboxylic acids is 1. The number of nitrogens with one attached hydrogen (secondary N) is 1. The molecule has 0 atom stereocenters. The monoisotopic (exact) mass is 322 g/mol. The number of amides is 1. The highest BCUT2D eigenvalue weighted by Crippen LogP contribution is 2.25. The molecular formula is C15H15FN2O5. The summed E-state index contributed by atoms with van der Waals surface area (Å²) in [5.74, 6) is -2.27. The quantitative estimate of drug-likeness (QED) is 0.896. The van der Waals surface area contributed by atoms with Gasteiger partial charge in [0.25, 0.3) is 0 Å². The summed E-state index contributed by atoms with van der Waals surface area (Å²) in [7, 11) is 0. The number of hydrogen-bond donors (Lipinski definition) is 2. The fourth-order valence-corrected chi connectivity index (χ4v) is 1.71. The molecule has 7 nitrogen and oxygen atoms in total. The predicted molar refractivity (Wildman–Crippen MR) is 78.7 cm³/mol. The Morgan fingerprint density at radius 2 is 2.00 bits per heavy atom. The molecule has 0 fully saturated rings. The van der Waals surface area contributed by atoms with Crippen molar-refractivity contribution in [1.82, 2.24) is 5.16 Å². The molecule has 0 bridgehead atoms. The molecule has 0 aliphatic rings. The van der Waals surface area contributed by atoms with Crippen LogP contribution in [0.5, 0.6) is 0 Å². The van der Waals surface area contributed by atoms with Crippen LogP contribution in [-0.2, 0) is 4.74 Å². The van der Waals surface area contributed by atoms with Gasteiger partial charge in [0.2, 0.25) is 5.76 Å². The molecule has 0 aliphatic heterocycles. The van der Waals surface area contributed by atoms with E-state index in [9.17, 15) is 14.0 Å². The van der Waals surface area contributed by atoms with Gasteiger partial charge in [-0.2, -0.15) is 0 Å². The lowest BCUT2D eigenvalue weighted by molar-refractivity contribution is 0.0630. The SMILES string of the molecule is CC(C)(C)OC(=O)Nc1cc(-c2cc(C(=O)O)on2)ccc1F. The Hall–Kier alpha value is -2.90. The first-order chi connectivity index (χ1) is 10.7. The van der Waals surface area contributed by atoms with Gasteiger partial charge in [-0.25, -0.2) is 14.0 Å². The molecule has 0 spiro atoms. The van der Waals surface area contributed by atoms with Gasteiger partial charge in [0.1, 0.15) is 17.1 Å². The molecule has 1 aromatic heterocycles. The zero-order chi connectivity index (χ0) is 17.2. The maximum atomic E-state index is 13.8. The van der Waals surface area contributed by atoms with Gasteiger partial charge < -0.3 is 14.4 Å². The molecular weight excluding hydrogens is 307 g/mol. The van der Waals surface area contributed by atoms with Crippen molar-refractivity contribution in [2.75, 3.05) is 5.32 Å². The molecule has 23 heavy (non-hydrogen) atoms. The number of rotatable bonds is 3. The van der Waals surface area contributed by atoms with Crippen LogP contribution in [0, 0.1) is 5.82 Å². The van der Waals surface area contributed by atoms with Gasteiger partial charge in [0, 0.05) is 11.6 Å². The van der Waals surface area contributed by atoms with Crippen molar-refractivity contribution in [2.45, 2.75) is 26.4 Å². The van der Waals surface area contributed by atoms with E-state index in [1.165, 1.54) is 18.2 Å². The Kier molecular flexibility index (Phi) is 4.35. The van der Waals surface area contributed by atoms with Crippen molar-refractivity contribution >= 4 is 17.7 Å². The highest BCUT2D eigenvalue weighted by atomic mass is 19.1. The van der Waals surface area contributed by atoms with E-state index in [0.717, 1.165) is 6.07 Å². The summed E-state index contributed by atoms with van der Waals surface area (Å²) in [6.07, 6.45) is -0.806. The van der Waals surface area contributed by atoms with Crippen molar-refractivity contribution in [2.24, 2.45) is 0 Å². The van der Waals surface area contributed by atoms with Crippen molar-refractivity contribution in [3.63, 3.8) is 0 Å². The summed E-state index contributed by atoms with van der Waals surface area (Å²) in [4.78, 5) is 22.5. The van der Waals surface area contributed by atoms with Gasteiger partial charge in [-0.3, -0.25) is 5.32 Å². The highest BCUT2D eigenvalue weighted by Gasteiger charge is 2.18. The van der Waals surface area contributed by atoms with E-state index in [-0.39, 0.29) is 17.1 Å². The number of carbonyl (C=O) groups is 2. The molecule has 0 aliphatic carbocycles. The van der Waals surface area contributed by atoms with Crippen molar-refractivity contribution in [3.8, 4) is 11.3 Å². The number of hydrogen-bond acceptors (Lipinski definition) is 5. The fraction of sp³-hybridized carbons (Fsp3) is 0.267. The first kappa shape index (κ1) is 16.5. The second-order valence-electron chi connectivity index (χ2n) is 5.70. The molecule has 0 unspecified atom stereocenters. The van der Waals surface area contributed by atoms with Crippen LogP contribution in [0.2, 0.25) is 0 Å². The molecule has 2 aromatic rings. The lowest BCUT2D eigenvalue weighted by Gasteiger charge is -2.19. The zero-order valence-electron chi connectivity index (χ0n) is 12.7. The van der Waals surface area contributed by atoms with Crippen LogP contribution in [0.4, 0.5) is 14.9 Å². The Morgan fingerprint density at radius 3 is 2.57 bits per heavy atom. The molecule has 0 saturated heterocycles. The number of benzene rings is 1. The third-order valence-corrected chi connectivity index (χ3v) is 2.62. The van der Waals surface area contributed by atoms with E-state index in [1.54, 1.807) is 20.8 Å². The Labute approximate surface area is 131 Å². The lowest BCUT2D eigenvalue weighted by atomic mass is 10.1. The van der Waals surface area contributed by atoms with Gasteiger partial charge in [0.15, 0.2) is 0 Å². The minimum absolute atomic E-state index is 0.114. The van der Waals surface area contributed by atoms with E-state index in [0.29, 0.717) is 5.56 Å². The summed E-state index contributed by atoms with van der Waals surface area (Å²) >= 11 is 0. The number of carboxylic acid groups (broad SMARTS) is 1. The maximum Gasteiger partial charge on any atom is 0.412 e. The van der Waals surface area contributed by atoms with E-state index in [2.05, 4.69) is 15.0 Å². The van der Waals surface area contributed by atoms with Crippen LogP contribution in [0.15, 0.2) is 28.8 Å². The molecule has 0 radical (unpaired) electrons. The van der Waals surface area contributed by atoms with Gasteiger partial charge in [-0.15, -0.1) is 0 Å². The van der Waals surface area contributed by atoms with E-state index < -0.39 is 23.5 Å². The molecule has 1 heterocycles.